The van der Waals surface area contributed by atoms with Gasteiger partial charge < -0.3 is 16.0 Å². The molecule has 4 nitrogen and oxygen atoms in total. The molecular formula is C15H12ClN3O. The van der Waals surface area contributed by atoms with E-state index < -0.39 is 0 Å². The van der Waals surface area contributed by atoms with Gasteiger partial charge in [0.05, 0.1) is 0 Å². The Morgan fingerprint density at radius 2 is 2.00 bits per heavy atom. The molecule has 0 fully saturated rings. The van der Waals surface area contributed by atoms with Gasteiger partial charge in [-0.15, -0.1) is 0 Å². The molecule has 3 rings (SSSR count). The minimum Gasteiger partial charge on any atom is -0.399 e. The number of aromatic amines is 1. The monoisotopic (exact) mass is 285 g/mol. The van der Waals surface area contributed by atoms with Gasteiger partial charge in [0, 0.05) is 39.1 Å². The first-order chi connectivity index (χ1) is 9.61. The highest BCUT2D eigenvalue weighted by molar-refractivity contribution is 6.31. The zero-order chi connectivity index (χ0) is 14.1. The fourth-order valence-electron chi connectivity index (χ4n) is 2.08. The average molecular weight is 286 g/mol. The van der Waals surface area contributed by atoms with Crippen LogP contribution in [-0.2, 0) is 0 Å². The van der Waals surface area contributed by atoms with Gasteiger partial charge >= 0.3 is 0 Å². The van der Waals surface area contributed by atoms with Crippen molar-refractivity contribution in [1.29, 1.82) is 0 Å². The quantitative estimate of drug-likeness (QED) is 0.629. The second kappa shape index (κ2) is 4.90. The first-order valence-corrected chi connectivity index (χ1v) is 6.44. The molecule has 0 aliphatic rings. The van der Waals surface area contributed by atoms with Crippen LogP contribution in [-0.4, -0.2) is 10.9 Å². The van der Waals surface area contributed by atoms with Crippen LogP contribution in [0.5, 0.6) is 0 Å². The highest BCUT2D eigenvalue weighted by Crippen LogP contribution is 2.20. The molecule has 0 unspecified atom stereocenters. The molecule has 0 saturated heterocycles. The van der Waals surface area contributed by atoms with E-state index in [9.17, 15) is 4.79 Å². The number of amides is 1. The predicted octanol–water partition coefficient (Wildman–Crippen LogP) is 3.66. The van der Waals surface area contributed by atoms with Crippen molar-refractivity contribution in [1.82, 2.24) is 4.98 Å². The summed E-state index contributed by atoms with van der Waals surface area (Å²) in [5.74, 6) is -0.242. The van der Waals surface area contributed by atoms with Gasteiger partial charge in [-0.1, -0.05) is 11.6 Å². The Kier molecular flexibility index (Phi) is 3.08. The number of hydrogen-bond acceptors (Lipinski definition) is 2. The number of hydrogen-bond donors (Lipinski definition) is 3. The van der Waals surface area contributed by atoms with Gasteiger partial charge in [0.2, 0.25) is 0 Å². The summed E-state index contributed by atoms with van der Waals surface area (Å²) in [6.07, 6.45) is 1.86. The fraction of sp³-hybridized carbons (Fsp3) is 0. The molecule has 4 N–H and O–H groups in total. The van der Waals surface area contributed by atoms with Gasteiger partial charge in [-0.25, -0.2) is 0 Å². The molecule has 3 aromatic rings. The third-order valence-corrected chi connectivity index (χ3v) is 3.21. The molecule has 0 saturated carbocycles. The highest BCUT2D eigenvalue weighted by atomic mass is 35.5. The molecule has 2 aromatic carbocycles. The number of nitrogens with two attached hydrogens (primary N) is 1. The minimum absolute atomic E-state index is 0.242. The van der Waals surface area contributed by atoms with Crippen molar-refractivity contribution in [3.63, 3.8) is 0 Å². The van der Waals surface area contributed by atoms with Crippen molar-refractivity contribution in [3.8, 4) is 0 Å². The molecule has 0 aliphatic carbocycles. The molecule has 0 spiro atoms. The molecule has 20 heavy (non-hydrogen) atoms. The van der Waals surface area contributed by atoms with Crippen LogP contribution in [0.4, 0.5) is 11.4 Å². The first kappa shape index (κ1) is 12.6. The maximum atomic E-state index is 12.2. The van der Waals surface area contributed by atoms with E-state index in [0.717, 1.165) is 16.6 Å². The molecule has 1 heterocycles. The number of benzene rings is 2. The molecule has 5 heteroatoms. The van der Waals surface area contributed by atoms with Crippen molar-refractivity contribution < 1.29 is 4.79 Å². The zero-order valence-electron chi connectivity index (χ0n) is 10.5. The van der Waals surface area contributed by atoms with Gasteiger partial charge in [-0.2, -0.15) is 0 Å². The van der Waals surface area contributed by atoms with Crippen molar-refractivity contribution in [3.05, 3.63) is 59.2 Å². The predicted molar refractivity (Wildman–Crippen MR) is 82.1 cm³/mol. The Hall–Kier alpha value is -2.46. The summed E-state index contributed by atoms with van der Waals surface area (Å²) >= 11 is 5.90. The first-order valence-electron chi connectivity index (χ1n) is 6.06. The second-order valence-electron chi connectivity index (χ2n) is 4.51. The van der Waals surface area contributed by atoms with E-state index in [2.05, 4.69) is 10.3 Å². The Bertz CT molecular complexity index is 774. The molecule has 0 aliphatic heterocycles. The standard InChI is InChI=1S/C15H12ClN3O/c16-11-5-10(6-12(17)8-11)15(20)19-13-1-2-14-9(7-13)3-4-18-14/h1-8,18H,17H2,(H,19,20). The van der Waals surface area contributed by atoms with E-state index in [-0.39, 0.29) is 5.91 Å². The lowest BCUT2D eigenvalue weighted by Gasteiger charge is -2.07. The zero-order valence-corrected chi connectivity index (χ0v) is 11.2. The van der Waals surface area contributed by atoms with Crippen molar-refractivity contribution >= 4 is 39.8 Å². The topological polar surface area (TPSA) is 70.9 Å². The lowest BCUT2D eigenvalue weighted by Crippen LogP contribution is -2.12. The number of H-pyrrole nitrogens is 1. The number of carbonyl (C=O) groups is 1. The number of halogens is 1. The number of rotatable bonds is 2. The minimum atomic E-state index is -0.242. The van der Waals surface area contributed by atoms with Crippen molar-refractivity contribution in [2.45, 2.75) is 0 Å². The van der Waals surface area contributed by atoms with E-state index >= 15 is 0 Å². The second-order valence-corrected chi connectivity index (χ2v) is 4.94. The Morgan fingerprint density at radius 3 is 2.80 bits per heavy atom. The SMILES string of the molecule is Nc1cc(Cl)cc(C(=O)Nc2ccc3[nH]ccc3c2)c1. The fourth-order valence-corrected chi connectivity index (χ4v) is 2.32. The summed E-state index contributed by atoms with van der Waals surface area (Å²) in [6, 6.07) is 12.4. The van der Waals surface area contributed by atoms with Crippen LogP contribution in [0.2, 0.25) is 5.02 Å². The summed E-state index contributed by atoms with van der Waals surface area (Å²) < 4.78 is 0. The van der Waals surface area contributed by atoms with Crippen molar-refractivity contribution in [2.75, 3.05) is 11.1 Å². The molecule has 0 atom stereocenters. The Labute approximate surface area is 120 Å². The van der Waals surface area contributed by atoms with Gasteiger partial charge in [0.15, 0.2) is 0 Å². The molecule has 0 radical (unpaired) electrons. The summed E-state index contributed by atoms with van der Waals surface area (Å²) in [5.41, 5.74) is 8.32. The average Bonchev–Trinajstić information content (AvgIpc) is 2.85. The Balaban J connectivity index is 1.87. The Morgan fingerprint density at radius 1 is 1.15 bits per heavy atom. The van der Waals surface area contributed by atoms with Crippen LogP contribution in [0.3, 0.4) is 0 Å². The lowest BCUT2D eigenvalue weighted by atomic mass is 10.1. The van der Waals surface area contributed by atoms with E-state index in [1.165, 1.54) is 0 Å². The molecule has 0 bridgehead atoms. The van der Waals surface area contributed by atoms with Gasteiger partial charge in [-0.05, 0) is 42.5 Å². The number of nitrogen functional groups attached to an aromatic ring is 1. The third-order valence-electron chi connectivity index (χ3n) is 2.99. The summed E-state index contributed by atoms with van der Waals surface area (Å²) in [5, 5.41) is 4.30. The molecule has 1 amide bonds. The van der Waals surface area contributed by atoms with Gasteiger partial charge in [0.1, 0.15) is 0 Å². The number of fused-ring (bicyclic) bond motifs is 1. The maximum absolute atomic E-state index is 12.2. The number of nitrogens with one attached hydrogen (secondary N) is 2. The number of aromatic nitrogens is 1. The maximum Gasteiger partial charge on any atom is 0.255 e. The van der Waals surface area contributed by atoms with Crippen LogP contribution in [0, 0.1) is 0 Å². The number of carbonyl (C=O) groups excluding carboxylic acids is 1. The van der Waals surface area contributed by atoms with Crippen LogP contribution in [0.15, 0.2) is 48.7 Å². The van der Waals surface area contributed by atoms with E-state index in [1.807, 2.05) is 30.5 Å². The normalized spacial score (nSPS) is 10.7. The third kappa shape index (κ3) is 2.46. The van der Waals surface area contributed by atoms with Crippen LogP contribution >= 0.6 is 11.6 Å². The van der Waals surface area contributed by atoms with Gasteiger partial charge in [0.25, 0.3) is 5.91 Å². The summed E-state index contributed by atoms with van der Waals surface area (Å²) in [6.45, 7) is 0. The molecular weight excluding hydrogens is 274 g/mol. The van der Waals surface area contributed by atoms with Gasteiger partial charge in [-0.3, -0.25) is 4.79 Å². The van der Waals surface area contributed by atoms with E-state index in [4.69, 9.17) is 17.3 Å². The largest absolute Gasteiger partial charge is 0.399 e. The molecule has 100 valence electrons. The molecule has 1 aromatic heterocycles. The summed E-state index contributed by atoms with van der Waals surface area (Å²) in [4.78, 5) is 15.3. The smallest absolute Gasteiger partial charge is 0.255 e. The summed E-state index contributed by atoms with van der Waals surface area (Å²) in [7, 11) is 0. The van der Waals surface area contributed by atoms with Crippen molar-refractivity contribution in [2.24, 2.45) is 0 Å². The van der Waals surface area contributed by atoms with Crippen LogP contribution in [0.1, 0.15) is 10.4 Å². The highest BCUT2D eigenvalue weighted by Gasteiger charge is 2.08. The van der Waals surface area contributed by atoms with E-state index in [1.54, 1.807) is 18.2 Å². The lowest BCUT2D eigenvalue weighted by molar-refractivity contribution is 0.102. The van der Waals surface area contributed by atoms with Crippen LogP contribution in [0.25, 0.3) is 10.9 Å². The van der Waals surface area contributed by atoms with Crippen LogP contribution < -0.4 is 11.1 Å². The number of anilines is 2. The van der Waals surface area contributed by atoms with E-state index in [0.29, 0.717) is 16.3 Å².